The molecule has 3 nitrogen and oxygen atoms in total. The Morgan fingerprint density at radius 1 is 1.77 bits per heavy atom. The van der Waals surface area contributed by atoms with Crippen LogP contribution in [0.2, 0.25) is 0 Å². The number of anilines is 1. The number of hydrogen-bond acceptors (Lipinski definition) is 2. The molecule has 0 bridgehead atoms. The van der Waals surface area contributed by atoms with Crippen molar-refractivity contribution in [3.8, 4) is 6.07 Å². The number of aromatic nitrogens is 1. The Balaban J connectivity index is 3.25. The highest BCUT2D eigenvalue weighted by atomic mass is 79.9. The molecular formula is C9H12BrN3. The molecule has 13 heavy (non-hydrogen) atoms. The molecule has 2 N–H and O–H groups in total. The van der Waals surface area contributed by atoms with Crippen LogP contribution in [0.25, 0.3) is 0 Å². The number of nitrogens with zero attached hydrogens (tertiary/aromatic N) is 2. The summed E-state index contributed by atoms with van der Waals surface area (Å²) in [6, 6.07) is 4.11. The lowest BCUT2D eigenvalue weighted by molar-refractivity contribution is 0.521. The summed E-state index contributed by atoms with van der Waals surface area (Å²) in [5.41, 5.74) is 6.92. The van der Waals surface area contributed by atoms with Gasteiger partial charge in [-0.25, -0.2) is 0 Å². The van der Waals surface area contributed by atoms with Crippen LogP contribution in [0.5, 0.6) is 0 Å². The fraction of sp³-hybridized carbons (Fsp3) is 0.444. The van der Waals surface area contributed by atoms with Gasteiger partial charge in [-0.05, 0) is 35.3 Å². The van der Waals surface area contributed by atoms with E-state index in [2.05, 4.69) is 35.8 Å². The molecule has 0 saturated heterocycles. The zero-order valence-electron chi connectivity index (χ0n) is 7.71. The first-order valence-electron chi connectivity index (χ1n) is 4.18. The first kappa shape index (κ1) is 10.1. The summed E-state index contributed by atoms with van der Waals surface area (Å²) >= 11 is 3.37. The molecule has 1 rings (SSSR count). The Labute approximate surface area is 86.3 Å². The molecule has 0 aliphatic rings. The number of hydrogen-bond donors (Lipinski definition) is 1. The molecule has 0 saturated carbocycles. The van der Waals surface area contributed by atoms with Crippen LogP contribution in [0.4, 0.5) is 5.69 Å². The summed E-state index contributed by atoms with van der Waals surface area (Å²) in [5.74, 6) is 0. The number of rotatable bonds is 2. The van der Waals surface area contributed by atoms with Crippen molar-refractivity contribution in [2.45, 2.75) is 26.3 Å². The van der Waals surface area contributed by atoms with E-state index in [-0.39, 0.29) is 0 Å². The van der Waals surface area contributed by atoms with Crippen molar-refractivity contribution in [2.75, 3.05) is 5.73 Å². The molecule has 0 aliphatic carbocycles. The molecule has 1 aromatic rings. The zero-order valence-corrected chi connectivity index (χ0v) is 9.30. The monoisotopic (exact) mass is 241 g/mol. The van der Waals surface area contributed by atoms with E-state index >= 15 is 0 Å². The normalized spacial score (nSPS) is 12.5. The Bertz CT molecular complexity index is 348. The number of nitriles is 1. The van der Waals surface area contributed by atoms with Crippen LogP contribution in [0.3, 0.4) is 0 Å². The summed E-state index contributed by atoms with van der Waals surface area (Å²) < 4.78 is 2.72. The van der Waals surface area contributed by atoms with Gasteiger partial charge in [-0.2, -0.15) is 5.26 Å². The minimum absolute atomic E-state index is 0.293. The second-order valence-corrected chi connectivity index (χ2v) is 3.77. The van der Waals surface area contributed by atoms with E-state index in [4.69, 9.17) is 11.0 Å². The first-order chi connectivity index (χ1) is 6.11. The van der Waals surface area contributed by atoms with Gasteiger partial charge in [-0.3, -0.25) is 0 Å². The minimum Gasteiger partial charge on any atom is -0.397 e. The minimum atomic E-state index is 0.293. The molecule has 0 aliphatic heterocycles. The Hall–Kier alpha value is -0.950. The largest absolute Gasteiger partial charge is 0.397 e. The quantitative estimate of drug-likeness (QED) is 0.866. The smallest absolute Gasteiger partial charge is 0.123 e. The van der Waals surface area contributed by atoms with Gasteiger partial charge < -0.3 is 10.3 Å². The third kappa shape index (κ3) is 1.70. The van der Waals surface area contributed by atoms with Gasteiger partial charge in [-0.15, -0.1) is 0 Å². The van der Waals surface area contributed by atoms with E-state index in [0.717, 1.165) is 11.0 Å². The van der Waals surface area contributed by atoms with Crippen molar-refractivity contribution in [1.82, 2.24) is 4.57 Å². The standard InChI is InChI=1S/C9H12BrN3/c1-3-6(2)13-7(5-11)4-8(12)9(13)10/h4,6H,3,12H2,1-2H3/t6-/m1/s1. The van der Waals surface area contributed by atoms with Crippen LogP contribution < -0.4 is 5.73 Å². The van der Waals surface area contributed by atoms with Crippen molar-refractivity contribution >= 4 is 21.6 Å². The highest BCUT2D eigenvalue weighted by Crippen LogP contribution is 2.28. The van der Waals surface area contributed by atoms with E-state index in [1.807, 2.05) is 4.57 Å². The predicted molar refractivity (Wildman–Crippen MR) is 56.3 cm³/mol. The van der Waals surface area contributed by atoms with Crippen molar-refractivity contribution in [2.24, 2.45) is 0 Å². The molecule has 0 amide bonds. The Morgan fingerprint density at radius 2 is 2.38 bits per heavy atom. The lowest BCUT2D eigenvalue weighted by Crippen LogP contribution is -2.06. The molecule has 0 spiro atoms. The van der Waals surface area contributed by atoms with E-state index in [1.54, 1.807) is 6.07 Å². The number of halogens is 1. The fourth-order valence-electron chi connectivity index (χ4n) is 1.22. The van der Waals surface area contributed by atoms with E-state index in [0.29, 0.717) is 17.4 Å². The van der Waals surface area contributed by atoms with Crippen LogP contribution in [0.1, 0.15) is 32.0 Å². The highest BCUT2D eigenvalue weighted by Gasteiger charge is 2.14. The Morgan fingerprint density at radius 3 is 2.85 bits per heavy atom. The van der Waals surface area contributed by atoms with Crippen molar-refractivity contribution < 1.29 is 0 Å². The van der Waals surface area contributed by atoms with Crippen LogP contribution in [-0.4, -0.2) is 4.57 Å². The van der Waals surface area contributed by atoms with Crippen LogP contribution in [0, 0.1) is 11.3 Å². The van der Waals surface area contributed by atoms with E-state index in [9.17, 15) is 0 Å². The molecule has 4 heteroatoms. The second-order valence-electron chi connectivity index (χ2n) is 3.01. The van der Waals surface area contributed by atoms with Gasteiger partial charge in [0, 0.05) is 6.04 Å². The van der Waals surface area contributed by atoms with Gasteiger partial charge in [0.25, 0.3) is 0 Å². The third-order valence-corrected chi connectivity index (χ3v) is 2.99. The SMILES string of the molecule is CC[C@@H](C)n1c(C#N)cc(N)c1Br. The summed E-state index contributed by atoms with van der Waals surface area (Å²) in [4.78, 5) is 0. The van der Waals surface area contributed by atoms with Gasteiger partial charge in [0.1, 0.15) is 16.4 Å². The first-order valence-corrected chi connectivity index (χ1v) is 4.97. The van der Waals surface area contributed by atoms with Crippen molar-refractivity contribution in [3.05, 3.63) is 16.4 Å². The van der Waals surface area contributed by atoms with Crippen LogP contribution in [-0.2, 0) is 0 Å². The van der Waals surface area contributed by atoms with E-state index < -0.39 is 0 Å². The Kier molecular flexibility index (Phi) is 2.99. The number of nitrogens with two attached hydrogens (primary N) is 1. The van der Waals surface area contributed by atoms with E-state index in [1.165, 1.54) is 0 Å². The molecule has 0 fully saturated rings. The fourth-order valence-corrected chi connectivity index (χ4v) is 1.88. The maximum atomic E-state index is 8.85. The summed E-state index contributed by atoms with van der Waals surface area (Å²) in [6.45, 7) is 4.14. The zero-order chi connectivity index (χ0) is 10.0. The molecule has 70 valence electrons. The number of nitrogen functional groups attached to an aromatic ring is 1. The van der Waals surface area contributed by atoms with Crippen molar-refractivity contribution in [3.63, 3.8) is 0 Å². The molecular weight excluding hydrogens is 230 g/mol. The predicted octanol–water partition coefficient (Wildman–Crippen LogP) is 2.68. The lowest BCUT2D eigenvalue weighted by atomic mass is 10.2. The maximum absolute atomic E-state index is 8.85. The van der Waals surface area contributed by atoms with Gasteiger partial charge in [0.05, 0.1) is 5.69 Å². The summed E-state index contributed by atoms with van der Waals surface area (Å²) in [7, 11) is 0. The maximum Gasteiger partial charge on any atom is 0.123 e. The van der Waals surface area contributed by atoms with Gasteiger partial charge in [0.15, 0.2) is 0 Å². The van der Waals surface area contributed by atoms with Crippen LogP contribution in [0.15, 0.2) is 10.7 Å². The lowest BCUT2D eigenvalue weighted by Gasteiger charge is -2.13. The molecule has 1 heterocycles. The van der Waals surface area contributed by atoms with Crippen LogP contribution >= 0.6 is 15.9 Å². The second kappa shape index (κ2) is 3.84. The average Bonchev–Trinajstić information content (AvgIpc) is 2.42. The topological polar surface area (TPSA) is 54.7 Å². The molecule has 0 aromatic carbocycles. The molecule has 1 aromatic heterocycles. The average molecular weight is 242 g/mol. The summed E-state index contributed by atoms with van der Waals surface area (Å²) in [6.07, 6.45) is 0.974. The van der Waals surface area contributed by atoms with Gasteiger partial charge in [-0.1, -0.05) is 6.92 Å². The van der Waals surface area contributed by atoms with Crippen molar-refractivity contribution in [1.29, 1.82) is 5.26 Å². The van der Waals surface area contributed by atoms with Gasteiger partial charge in [0.2, 0.25) is 0 Å². The molecule has 1 atom stereocenters. The molecule has 0 unspecified atom stereocenters. The molecule has 0 radical (unpaired) electrons. The highest BCUT2D eigenvalue weighted by molar-refractivity contribution is 9.10. The summed E-state index contributed by atoms with van der Waals surface area (Å²) in [5, 5.41) is 8.85. The third-order valence-electron chi connectivity index (χ3n) is 2.15. The van der Waals surface area contributed by atoms with Gasteiger partial charge >= 0.3 is 0 Å².